The van der Waals surface area contributed by atoms with Gasteiger partial charge >= 0.3 is 107 Å². The molecule has 0 aliphatic rings. The van der Waals surface area contributed by atoms with Crippen molar-refractivity contribution < 1.29 is 17.1 Å². The van der Waals surface area contributed by atoms with Crippen LogP contribution in [0.5, 0.6) is 0 Å². The second-order valence-corrected chi connectivity index (χ2v) is 12.9. The van der Waals surface area contributed by atoms with E-state index in [9.17, 15) is 0 Å². The average molecular weight is 250 g/mol. The molecule has 0 aromatic rings. The van der Waals surface area contributed by atoms with Crippen molar-refractivity contribution in [1.82, 2.24) is 0 Å². The van der Waals surface area contributed by atoms with Gasteiger partial charge in [0.2, 0.25) is 0 Å². The molecule has 2 heteroatoms. The van der Waals surface area contributed by atoms with Gasteiger partial charge in [0.25, 0.3) is 0 Å². The zero-order chi connectivity index (χ0) is 9.66. The first-order valence-electron chi connectivity index (χ1n) is 5.83. The van der Waals surface area contributed by atoms with Crippen molar-refractivity contribution in [2.75, 3.05) is 0 Å². The Hall–Kier alpha value is 1.88. The quantitative estimate of drug-likeness (QED) is 0.487. The van der Waals surface area contributed by atoms with Crippen molar-refractivity contribution in [3.63, 3.8) is 0 Å². The molecule has 68 valence electrons. The maximum atomic E-state index is 2.33. The van der Waals surface area contributed by atoms with Gasteiger partial charge in [-0.05, 0) is 0 Å². The predicted molar refractivity (Wildman–Crippen MR) is 56.9 cm³/mol. The minimum atomic E-state index is 0.0559. The van der Waals surface area contributed by atoms with E-state index in [1.54, 1.807) is 5.04 Å². The Morgan fingerprint density at radius 1 is 1.00 bits per heavy atom. The summed E-state index contributed by atoms with van der Waals surface area (Å²) in [5.74, 6) is 0. The van der Waals surface area contributed by atoms with Crippen LogP contribution in [-0.2, 0) is 17.1 Å². The molecule has 0 nitrogen and oxygen atoms in total. The Morgan fingerprint density at radius 2 is 1.58 bits per heavy atom. The summed E-state index contributed by atoms with van der Waals surface area (Å²) in [7, 11) is 0. The van der Waals surface area contributed by atoms with Crippen LogP contribution >= 0.6 is 0 Å². The molecule has 0 spiro atoms. The van der Waals surface area contributed by atoms with E-state index in [2.05, 4.69) is 27.7 Å². The zero-order valence-electron chi connectivity index (χ0n) is 9.66. The average Bonchev–Trinajstić information content (AvgIpc) is 2.08. The molecular weight excluding hydrogens is 226 g/mol. The van der Waals surface area contributed by atoms with Gasteiger partial charge in [-0.15, -0.1) is 0 Å². The van der Waals surface area contributed by atoms with Crippen molar-refractivity contribution in [3.8, 4) is 0 Å². The maximum absolute atomic E-state index is 2.33. The van der Waals surface area contributed by atoms with E-state index in [0.29, 0.717) is 0 Å². The second-order valence-electron chi connectivity index (χ2n) is 3.41. The van der Waals surface area contributed by atoms with Crippen molar-refractivity contribution in [2.45, 2.75) is 55.6 Å². The van der Waals surface area contributed by atoms with E-state index in [1.807, 2.05) is 0 Å². The SMILES string of the molecule is CCC[CH2][Ca][CH2]C.C[CH2][Zn][CH2]C. The van der Waals surface area contributed by atoms with E-state index in [-0.39, 0.29) is 51.0 Å². The van der Waals surface area contributed by atoms with Crippen molar-refractivity contribution in [2.24, 2.45) is 0 Å². The Bertz CT molecular complexity index is 51.8. The van der Waals surface area contributed by atoms with E-state index in [4.69, 9.17) is 0 Å². The van der Waals surface area contributed by atoms with Gasteiger partial charge in [-0.25, -0.2) is 0 Å². The third kappa shape index (κ3) is 22.6. The summed E-state index contributed by atoms with van der Waals surface area (Å²) < 4.78 is 3.17. The summed E-state index contributed by atoms with van der Waals surface area (Å²) in [6.07, 6.45) is 2.92. The van der Waals surface area contributed by atoms with Gasteiger partial charge in [-0.3, -0.25) is 0 Å². The molecule has 0 radical (unpaired) electrons. The van der Waals surface area contributed by atoms with Crippen molar-refractivity contribution in [3.05, 3.63) is 0 Å². The fourth-order valence-electron chi connectivity index (χ4n) is 1.03. The summed E-state index contributed by atoms with van der Waals surface area (Å²) in [5, 5.41) is 3.06. The summed E-state index contributed by atoms with van der Waals surface area (Å²) in [4.78, 5) is 0. The molecule has 0 aliphatic heterocycles. The van der Waals surface area contributed by atoms with Crippen LogP contribution in [0.15, 0.2) is 0 Å². The molecule has 0 bridgehead atoms. The number of hydrogen-bond acceptors (Lipinski definition) is 0. The zero-order valence-corrected chi connectivity index (χ0v) is 14.8. The molecule has 0 aliphatic carbocycles. The molecule has 0 unspecified atom stereocenters. The van der Waals surface area contributed by atoms with Gasteiger partial charge in [0.05, 0.1) is 0 Å². The van der Waals surface area contributed by atoms with Gasteiger partial charge in [0.15, 0.2) is 0 Å². The fourth-order valence-corrected chi connectivity index (χ4v) is 4.63. The Labute approximate surface area is 105 Å². The van der Waals surface area contributed by atoms with Crippen LogP contribution in [-0.4, -0.2) is 33.8 Å². The number of hydrogen-bond donors (Lipinski definition) is 0. The first-order chi connectivity index (χ1) is 5.83. The molecule has 0 atom stereocenters. The van der Waals surface area contributed by atoms with Crippen molar-refractivity contribution >= 4 is 33.8 Å². The van der Waals surface area contributed by atoms with Gasteiger partial charge in [0, 0.05) is 0 Å². The Morgan fingerprint density at radius 3 is 1.83 bits per heavy atom. The minimum absolute atomic E-state index is 0.0559. The van der Waals surface area contributed by atoms with Gasteiger partial charge in [-0.1, -0.05) is 0 Å². The summed E-state index contributed by atoms with van der Waals surface area (Å²) in [6.45, 7) is 9.20. The number of rotatable bonds is 6. The van der Waals surface area contributed by atoms with E-state index < -0.39 is 0 Å². The summed E-state index contributed by atoms with van der Waals surface area (Å²) in [6, 6.07) is 0. The third-order valence-electron chi connectivity index (χ3n) is 1.91. The standard InChI is InChI=1S/C4H9.3C2H5.Ca.Zn/c1-3-4-2;3*1-2;;/h1,3-4H2,2H3;3*1H2,2H3;;. The van der Waals surface area contributed by atoms with Crippen molar-refractivity contribution in [1.29, 1.82) is 0 Å². The van der Waals surface area contributed by atoms with Crippen LogP contribution in [0.2, 0.25) is 15.1 Å². The Balaban J connectivity index is 0. The first-order valence-corrected chi connectivity index (χ1v) is 13.1. The van der Waals surface area contributed by atoms with Crippen LogP contribution in [0.1, 0.15) is 40.5 Å². The monoisotopic (exact) mass is 248 g/mol. The predicted octanol–water partition coefficient (Wildman–Crippen LogP) is 4.29. The first kappa shape index (κ1) is 16.3. The van der Waals surface area contributed by atoms with Gasteiger partial charge < -0.3 is 0 Å². The van der Waals surface area contributed by atoms with Crippen LogP contribution in [0.25, 0.3) is 0 Å². The number of unbranched alkanes of at least 4 members (excludes halogenated alkanes) is 1. The molecule has 0 fully saturated rings. The van der Waals surface area contributed by atoms with E-state index >= 15 is 0 Å². The van der Waals surface area contributed by atoms with Crippen LogP contribution in [0.4, 0.5) is 0 Å². The second kappa shape index (κ2) is 18.6. The molecular formula is C10H24CaZn. The molecule has 0 aromatic carbocycles. The molecule has 0 rings (SSSR count). The molecule has 0 N–H and O–H groups in total. The van der Waals surface area contributed by atoms with Gasteiger partial charge in [-0.2, -0.15) is 0 Å². The van der Waals surface area contributed by atoms with Crippen LogP contribution in [0.3, 0.4) is 0 Å². The topological polar surface area (TPSA) is 0 Å². The van der Waals surface area contributed by atoms with Crippen LogP contribution in [0, 0.1) is 0 Å². The van der Waals surface area contributed by atoms with Crippen LogP contribution < -0.4 is 0 Å². The van der Waals surface area contributed by atoms with E-state index in [1.165, 1.54) is 22.9 Å². The van der Waals surface area contributed by atoms with E-state index in [0.717, 1.165) is 0 Å². The molecule has 0 heterocycles. The molecule has 0 saturated carbocycles. The summed E-state index contributed by atoms with van der Waals surface area (Å²) in [5.41, 5.74) is 0. The molecule has 0 amide bonds. The fraction of sp³-hybridized carbons (Fsp3) is 1.00. The van der Waals surface area contributed by atoms with Gasteiger partial charge in [0.1, 0.15) is 0 Å². The Kier molecular flexibility index (Phi) is 25.3. The molecule has 0 saturated heterocycles. The normalized spacial score (nSPS) is 7.67. The third-order valence-corrected chi connectivity index (χ3v) is 7.55. The molecule has 12 heavy (non-hydrogen) atoms. The summed E-state index contributed by atoms with van der Waals surface area (Å²) >= 11 is 0.153. The molecule has 0 aromatic heterocycles.